The molecule has 1 fully saturated rings. The largest absolute Gasteiger partial charge is 0.370 e. The Morgan fingerprint density at radius 3 is 2.61 bits per heavy atom. The summed E-state index contributed by atoms with van der Waals surface area (Å²) >= 11 is 0. The lowest BCUT2D eigenvalue weighted by atomic mass is 9.83. The van der Waals surface area contributed by atoms with Gasteiger partial charge >= 0.3 is 0 Å². The van der Waals surface area contributed by atoms with E-state index in [0.29, 0.717) is 5.92 Å². The van der Waals surface area contributed by atoms with Crippen molar-refractivity contribution in [3.8, 4) is 0 Å². The van der Waals surface area contributed by atoms with Gasteiger partial charge in [0.15, 0.2) is 0 Å². The molecule has 0 radical (unpaired) electrons. The van der Waals surface area contributed by atoms with Crippen LogP contribution in [0.2, 0.25) is 0 Å². The van der Waals surface area contributed by atoms with Crippen molar-refractivity contribution in [1.82, 2.24) is 9.97 Å². The molecule has 1 aromatic heterocycles. The highest BCUT2D eigenvalue weighted by Gasteiger charge is 2.17. The van der Waals surface area contributed by atoms with Gasteiger partial charge in [0.2, 0.25) is 0 Å². The second-order valence-electron chi connectivity index (χ2n) is 5.99. The average molecular weight is 247 g/mol. The fraction of sp³-hybridized carbons (Fsp3) is 0.733. The van der Waals surface area contributed by atoms with Crippen LogP contribution in [0.5, 0.6) is 0 Å². The van der Waals surface area contributed by atoms with Gasteiger partial charge < -0.3 is 5.32 Å². The highest BCUT2D eigenvalue weighted by atomic mass is 15.0. The van der Waals surface area contributed by atoms with E-state index in [9.17, 15) is 0 Å². The Bertz CT molecular complexity index is 368. The maximum absolute atomic E-state index is 4.30. The summed E-state index contributed by atoms with van der Waals surface area (Å²) in [6.45, 7) is 7.74. The van der Waals surface area contributed by atoms with Crippen molar-refractivity contribution >= 4 is 5.82 Å². The second-order valence-corrected chi connectivity index (χ2v) is 5.99. The van der Waals surface area contributed by atoms with Crippen LogP contribution in [0, 0.1) is 11.8 Å². The van der Waals surface area contributed by atoms with E-state index in [-0.39, 0.29) is 0 Å². The molecule has 3 heteroatoms. The average Bonchev–Trinajstić information content (AvgIpc) is 2.38. The Kier molecular flexibility index (Phi) is 4.56. The van der Waals surface area contributed by atoms with Crippen LogP contribution in [0.15, 0.2) is 12.4 Å². The van der Waals surface area contributed by atoms with E-state index in [2.05, 4.69) is 42.1 Å². The number of rotatable bonds is 4. The van der Waals surface area contributed by atoms with Crippen molar-refractivity contribution in [2.24, 2.45) is 11.8 Å². The van der Waals surface area contributed by atoms with Gasteiger partial charge in [-0.25, -0.2) is 9.97 Å². The minimum Gasteiger partial charge on any atom is -0.370 e. The molecule has 0 atom stereocenters. The molecular formula is C15H25N3. The van der Waals surface area contributed by atoms with E-state index in [1.54, 1.807) is 6.33 Å². The summed E-state index contributed by atoms with van der Waals surface area (Å²) in [5.41, 5.74) is 1.12. The maximum Gasteiger partial charge on any atom is 0.129 e. The molecule has 0 amide bonds. The van der Waals surface area contributed by atoms with Crippen molar-refractivity contribution in [2.45, 2.75) is 52.4 Å². The molecule has 1 N–H and O–H groups in total. The lowest BCUT2D eigenvalue weighted by Crippen LogP contribution is -2.20. The van der Waals surface area contributed by atoms with Gasteiger partial charge in [-0.15, -0.1) is 0 Å². The Morgan fingerprint density at radius 2 is 1.94 bits per heavy atom. The van der Waals surface area contributed by atoms with E-state index < -0.39 is 0 Å². The van der Waals surface area contributed by atoms with Gasteiger partial charge in [-0.1, -0.05) is 33.6 Å². The Hall–Kier alpha value is -1.12. The molecule has 0 unspecified atom stereocenters. The van der Waals surface area contributed by atoms with Crippen molar-refractivity contribution in [1.29, 1.82) is 0 Å². The molecule has 18 heavy (non-hydrogen) atoms. The first kappa shape index (κ1) is 13.3. The number of hydrogen-bond donors (Lipinski definition) is 1. The molecule has 1 heterocycles. The zero-order chi connectivity index (χ0) is 13.0. The van der Waals surface area contributed by atoms with E-state index in [1.165, 1.54) is 25.7 Å². The van der Waals surface area contributed by atoms with Crippen LogP contribution in [0.25, 0.3) is 0 Å². The third-order valence-corrected chi connectivity index (χ3v) is 3.99. The molecule has 0 saturated heterocycles. The normalized spacial score (nSPS) is 24.2. The van der Waals surface area contributed by atoms with Crippen LogP contribution in [-0.4, -0.2) is 16.5 Å². The Labute approximate surface area is 110 Å². The summed E-state index contributed by atoms with van der Waals surface area (Å²) in [5.74, 6) is 3.18. The highest BCUT2D eigenvalue weighted by molar-refractivity contribution is 5.35. The van der Waals surface area contributed by atoms with Gasteiger partial charge in [-0.2, -0.15) is 0 Å². The quantitative estimate of drug-likeness (QED) is 0.878. The summed E-state index contributed by atoms with van der Waals surface area (Å²) in [6, 6.07) is 2.08. The third-order valence-electron chi connectivity index (χ3n) is 3.99. The molecule has 1 aromatic rings. The molecule has 0 spiro atoms. The molecule has 0 aliphatic heterocycles. The number of hydrogen-bond acceptors (Lipinski definition) is 3. The van der Waals surface area contributed by atoms with Gasteiger partial charge in [-0.05, 0) is 30.6 Å². The summed E-state index contributed by atoms with van der Waals surface area (Å²) in [5, 5.41) is 3.47. The van der Waals surface area contributed by atoms with E-state index in [1.807, 2.05) is 0 Å². The topological polar surface area (TPSA) is 37.8 Å². The summed E-state index contributed by atoms with van der Waals surface area (Å²) in [6.07, 6.45) is 7.15. The standard InChI is InChI=1S/C15H25N3/c1-11(2)14-8-15(18-10-17-14)16-9-13-6-4-12(3)5-7-13/h8,10-13H,4-7,9H2,1-3H3,(H,16,17,18). The number of nitrogens with one attached hydrogen (secondary N) is 1. The lowest BCUT2D eigenvalue weighted by Gasteiger charge is -2.26. The zero-order valence-corrected chi connectivity index (χ0v) is 11.8. The maximum atomic E-state index is 4.30. The van der Waals surface area contributed by atoms with E-state index in [4.69, 9.17) is 0 Å². The van der Waals surface area contributed by atoms with Crippen LogP contribution in [0.3, 0.4) is 0 Å². The van der Waals surface area contributed by atoms with Gasteiger partial charge in [0.05, 0.1) is 0 Å². The van der Waals surface area contributed by atoms with E-state index >= 15 is 0 Å². The molecule has 1 aliphatic rings. The van der Waals surface area contributed by atoms with Crippen molar-refractivity contribution in [3.05, 3.63) is 18.1 Å². The zero-order valence-electron chi connectivity index (χ0n) is 11.8. The minimum absolute atomic E-state index is 0.462. The van der Waals surface area contributed by atoms with Crippen LogP contribution in [0.1, 0.15) is 58.1 Å². The molecule has 100 valence electrons. The number of anilines is 1. The lowest BCUT2D eigenvalue weighted by molar-refractivity contribution is 0.300. The Morgan fingerprint density at radius 1 is 1.22 bits per heavy atom. The predicted molar refractivity (Wildman–Crippen MR) is 75.7 cm³/mol. The van der Waals surface area contributed by atoms with Gasteiger partial charge in [0.1, 0.15) is 12.1 Å². The van der Waals surface area contributed by atoms with Crippen molar-refractivity contribution in [2.75, 3.05) is 11.9 Å². The first-order valence-electron chi connectivity index (χ1n) is 7.21. The third kappa shape index (κ3) is 3.69. The second kappa shape index (κ2) is 6.17. The smallest absolute Gasteiger partial charge is 0.129 e. The van der Waals surface area contributed by atoms with Crippen molar-refractivity contribution in [3.63, 3.8) is 0 Å². The SMILES string of the molecule is CC1CCC(CNc2cc(C(C)C)ncn2)CC1. The molecular weight excluding hydrogens is 222 g/mol. The first-order valence-corrected chi connectivity index (χ1v) is 7.21. The fourth-order valence-electron chi connectivity index (χ4n) is 2.57. The molecule has 0 aromatic carbocycles. The molecule has 2 rings (SSSR count). The molecule has 1 saturated carbocycles. The number of aromatic nitrogens is 2. The first-order chi connectivity index (χ1) is 8.65. The summed E-state index contributed by atoms with van der Waals surface area (Å²) in [7, 11) is 0. The summed E-state index contributed by atoms with van der Waals surface area (Å²) in [4.78, 5) is 8.59. The molecule has 3 nitrogen and oxygen atoms in total. The van der Waals surface area contributed by atoms with E-state index in [0.717, 1.165) is 29.9 Å². The number of nitrogens with zero attached hydrogens (tertiary/aromatic N) is 2. The summed E-state index contributed by atoms with van der Waals surface area (Å²) < 4.78 is 0. The van der Waals surface area contributed by atoms with Crippen LogP contribution < -0.4 is 5.32 Å². The molecule has 1 aliphatic carbocycles. The highest BCUT2D eigenvalue weighted by Crippen LogP contribution is 2.28. The van der Waals surface area contributed by atoms with Gasteiger partial charge in [0.25, 0.3) is 0 Å². The van der Waals surface area contributed by atoms with Crippen LogP contribution in [0.4, 0.5) is 5.82 Å². The monoisotopic (exact) mass is 247 g/mol. The van der Waals surface area contributed by atoms with Crippen molar-refractivity contribution < 1.29 is 0 Å². The van der Waals surface area contributed by atoms with Gasteiger partial charge in [-0.3, -0.25) is 0 Å². The van der Waals surface area contributed by atoms with Crippen LogP contribution in [-0.2, 0) is 0 Å². The Balaban J connectivity index is 1.84. The predicted octanol–water partition coefficient (Wildman–Crippen LogP) is 3.84. The fourth-order valence-corrected chi connectivity index (χ4v) is 2.57. The minimum atomic E-state index is 0.462. The molecule has 0 bridgehead atoms. The van der Waals surface area contributed by atoms with Crippen LogP contribution >= 0.6 is 0 Å². The van der Waals surface area contributed by atoms with Gasteiger partial charge in [0, 0.05) is 18.3 Å².